The molecule has 20 heavy (non-hydrogen) atoms. The molecule has 0 aromatic carbocycles. The minimum Gasteiger partial charge on any atom is -0.378 e. The highest BCUT2D eigenvalue weighted by Crippen LogP contribution is 2.16. The Morgan fingerprint density at radius 1 is 1.45 bits per heavy atom. The molecule has 1 fully saturated rings. The largest absolute Gasteiger partial charge is 0.378 e. The summed E-state index contributed by atoms with van der Waals surface area (Å²) in [4.78, 5) is 17.6. The number of amides is 1. The second-order valence-electron chi connectivity index (χ2n) is 4.90. The van der Waals surface area contributed by atoms with E-state index in [9.17, 15) is 9.18 Å². The van der Waals surface area contributed by atoms with Gasteiger partial charge in [-0.2, -0.15) is 0 Å². The summed E-state index contributed by atoms with van der Waals surface area (Å²) in [6.07, 6.45) is 5.15. The average Bonchev–Trinajstić information content (AvgIpc) is 2.47. The molecule has 0 unspecified atom stereocenters. The van der Waals surface area contributed by atoms with E-state index in [1.807, 2.05) is 0 Å². The SMILES string of the molecule is NCCCOC1CCN(C(=O)c2cncc(F)c2)CC1. The van der Waals surface area contributed by atoms with E-state index in [1.165, 1.54) is 12.3 Å². The van der Waals surface area contributed by atoms with E-state index < -0.39 is 5.82 Å². The van der Waals surface area contributed by atoms with Crippen molar-refractivity contribution in [3.05, 3.63) is 29.8 Å². The van der Waals surface area contributed by atoms with Crippen molar-refractivity contribution >= 4 is 5.91 Å². The van der Waals surface area contributed by atoms with Gasteiger partial charge in [0.2, 0.25) is 0 Å². The van der Waals surface area contributed by atoms with Gasteiger partial charge in [0, 0.05) is 25.9 Å². The average molecular weight is 281 g/mol. The van der Waals surface area contributed by atoms with Crippen molar-refractivity contribution in [1.29, 1.82) is 0 Å². The summed E-state index contributed by atoms with van der Waals surface area (Å²) in [6.45, 7) is 2.55. The lowest BCUT2D eigenvalue weighted by Crippen LogP contribution is -2.41. The topological polar surface area (TPSA) is 68.5 Å². The summed E-state index contributed by atoms with van der Waals surface area (Å²) in [5, 5.41) is 0. The number of hydrogen-bond acceptors (Lipinski definition) is 4. The van der Waals surface area contributed by atoms with Crippen molar-refractivity contribution in [1.82, 2.24) is 9.88 Å². The van der Waals surface area contributed by atoms with Crippen LogP contribution in [0, 0.1) is 5.82 Å². The molecule has 5 nitrogen and oxygen atoms in total. The van der Waals surface area contributed by atoms with Gasteiger partial charge >= 0.3 is 0 Å². The number of rotatable bonds is 5. The first kappa shape index (κ1) is 14.9. The first-order valence-corrected chi connectivity index (χ1v) is 6.92. The van der Waals surface area contributed by atoms with Crippen LogP contribution in [0.25, 0.3) is 0 Å². The molecule has 1 aromatic heterocycles. The van der Waals surface area contributed by atoms with Crippen LogP contribution in [0.1, 0.15) is 29.6 Å². The number of nitrogens with two attached hydrogens (primary N) is 1. The van der Waals surface area contributed by atoms with Gasteiger partial charge in [-0.25, -0.2) is 4.39 Å². The standard InChI is InChI=1S/C14H20FN3O2/c15-12-8-11(9-17-10-12)14(19)18-5-2-13(3-6-18)20-7-1-4-16/h8-10,13H,1-7,16H2. The van der Waals surface area contributed by atoms with Gasteiger partial charge in [0.1, 0.15) is 5.82 Å². The van der Waals surface area contributed by atoms with Crippen LogP contribution >= 0.6 is 0 Å². The molecular weight excluding hydrogens is 261 g/mol. The molecule has 0 aliphatic carbocycles. The number of pyridine rings is 1. The smallest absolute Gasteiger partial charge is 0.255 e. The van der Waals surface area contributed by atoms with Gasteiger partial charge in [-0.05, 0) is 31.9 Å². The summed E-state index contributed by atoms with van der Waals surface area (Å²) >= 11 is 0. The van der Waals surface area contributed by atoms with E-state index in [1.54, 1.807) is 4.90 Å². The Balaban J connectivity index is 1.83. The lowest BCUT2D eigenvalue weighted by atomic mass is 10.1. The molecule has 0 radical (unpaired) electrons. The van der Waals surface area contributed by atoms with Gasteiger partial charge in [-0.1, -0.05) is 0 Å². The maximum Gasteiger partial charge on any atom is 0.255 e. The quantitative estimate of drug-likeness (QED) is 0.823. The molecule has 1 saturated heterocycles. The van der Waals surface area contributed by atoms with Gasteiger partial charge in [-0.15, -0.1) is 0 Å². The number of ether oxygens (including phenoxy) is 1. The predicted molar refractivity (Wildman–Crippen MR) is 72.7 cm³/mol. The molecule has 0 saturated carbocycles. The zero-order valence-corrected chi connectivity index (χ0v) is 11.4. The number of aromatic nitrogens is 1. The number of likely N-dealkylation sites (tertiary alicyclic amines) is 1. The van der Waals surface area contributed by atoms with E-state index in [-0.39, 0.29) is 12.0 Å². The van der Waals surface area contributed by atoms with Crippen molar-refractivity contribution in [3.63, 3.8) is 0 Å². The third kappa shape index (κ3) is 3.98. The van der Waals surface area contributed by atoms with Crippen LogP contribution in [-0.2, 0) is 4.74 Å². The van der Waals surface area contributed by atoms with Crippen molar-refractivity contribution in [2.75, 3.05) is 26.2 Å². The Bertz CT molecular complexity index is 448. The fraction of sp³-hybridized carbons (Fsp3) is 0.571. The molecule has 1 amide bonds. The van der Waals surface area contributed by atoms with Crippen molar-refractivity contribution in [3.8, 4) is 0 Å². The Labute approximate surface area is 117 Å². The summed E-state index contributed by atoms with van der Waals surface area (Å²) in [5.74, 6) is -0.659. The maximum absolute atomic E-state index is 13.1. The molecule has 2 heterocycles. The fourth-order valence-electron chi connectivity index (χ4n) is 2.27. The number of piperidine rings is 1. The van der Waals surface area contributed by atoms with Crippen LogP contribution < -0.4 is 5.73 Å². The van der Waals surface area contributed by atoms with Gasteiger partial charge in [0.05, 0.1) is 17.9 Å². The maximum atomic E-state index is 13.1. The molecule has 1 aliphatic rings. The van der Waals surface area contributed by atoms with Crippen molar-refractivity contribution in [2.45, 2.75) is 25.4 Å². The third-order valence-corrected chi connectivity index (χ3v) is 3.38. The minimum atomic E-state index is -0.490. The number of carbonyl (C=O) groups is 1. The number of carbonyl (C=O) groups excluding carboxylic acids is 1. The molecule has 110 valence electrons. The lowest BCUT2D eigenvalue weighted by molar-refractivity contribution is 0.00842. The van der Waals surface area contributed by atoms with Crippen LogP contribution in [-0.4, -0.2) is 48.1 Å². The summed E-state index contributed by atoms with van der Waals surface area (Å²) in [7, 11) is 0. The van der Waals surface area contributed by atoms with Crippen LogP contribution in [0.4, 0.5) is 4.39 Å². The predicted octanol–water partition coefficient (Wildman–Crippen LogP) is 1.19. The highest BCUT2D eigenvalue weighted by atomic mass is 19.1. The van der Waals surface area contributed by atoms with Gasteiger partial charge < -0.3 is 15.4 Å². The number of nitrogens with zero attached hydrogens (tertiary/aromatic N) is 2. The monoisotopic (exact) mass is 281 g/mol. The molecule has 0 atom stereocenters. The zero-order chi connectivity index (χ0) is 14.4. The molecule has 0 spiro atoms. The second kappa shape index (κ2) is 7.31. The summed E-state index contributed by atoms with van der Waals surface area (Å²) < 4.78 is 18.8. The van der Waals surface area contributed by atoms with E-state index in [4.69, 9.17) is 10.5 Å². The third-order valence-electron chi connectivity index (χ3n) is 3.38. The molecule has 6 heteroatoms. The molecule has 0 bridgehead atoms. The van der Waals surface area contributed by atoms with E-state index in [0.29, 0.717) is 31.8 Å². The first-order chi connectivity index (χ1) is 9.70. The van der Waals surface area contributed by atoms with Crippen LogP contribution in [0.2, 0.25) is 0 Å². The Morgan fingerprint density at radius 3 is 2.85 bits per heavy atom. The van der Waals surface area contributed by atoms with Crippen LogP contribution in [0.5, 0.6) is 0 Å². The molecule has 2 N–H and O–H groups in total. The Kier molecular flexibility index (Phi) is 5.43. The molecule has 1 aromatic rings. The van der Waals surface area contributed by atoms with Crippen LogP contribution in [0.15, 0.2) is 18.5 Å². The fourth-order valence-corrected chi connectivity index (χ4v) is 2.27. The van der Waals surface area contributed by atoms with Crippen LogP contribution in [0.3, 0.4) is 0 Å². The van der Waals surface area contributed by atoms with E-state index in [2.05, 4.69) is 4.98 Å². The zero-order valence-electron chi connectivity index (χ0n) is 11.4. The molecule has 2 rings (SSSR count). The highest BCUT2D eigenvalue weighted by Gasteiger charge is 2.24. The lowest BCUT2D eigenvalue weighted by Gasteiger charge is -2.32. The Morgan fingerprint density at radius 2 is 2.20 bits per heavy atom. The van der Waals surface area contributed by atoms with Crippen molar-refractivity contribution < 1.29 is 13.9 Å². The number of halogens is 1. The second-order valence-corrected chi connectivity index (χ2v) is 4.90. The minimum absolute atomic E-state index is 0.169. The van der Waals surface area contributed by atoms with Crippen molar-refractivity contribution in [2.24, 2.45) is 5.73 Å². The first-order valence-electron chi connectivity index (χ1n) is 6.92. The summed E-state index contributed by atoms with van der Waals surface area (Å²) in [5.41, 5.74) is 5.71. The number of hydrogen-bond donors (Lipinski definition) is 1. The highest BCUT2D eigenvalue weighted by molar-refractivity contribution is 5.93. The van der Waals surface area contributed by atoms with Gasteiger partial charge in [0.15, 0.2) is 0 Å². The summed E-state index contributed by atoms with van der Waals surface area (Å²) in [6, 6.07) is 1.22. The molecular formula is C14H20FN3O2. The molecule has 1 aliphatic heterocycles. The van der Waals surface area contributed by atoms with Gasteiger partial charge in [-0.3, -0.25) is 9.78 Å². The Hall–Kier alpha value is -1.53. The van der Waals surface area contributed by atoms with E-state index in [0.717, 1.165) is 25.5 Å². The van der Waals surface area contributed by atoms with E-state index >= 15 is 0 Å². The van der Waals surface area contributed by atoms with Gasteiger partial charge in [0.25, 0.3) is 5.91 Å². The normalized spacial score (nSPS) is 16.4.